The van der Waals surface area contributed by atoms with E-state index in [4.69, 9.17) is 0 Å². The maximum absolute atomic E-state index is 4.62. The topological polar surface area (TPSA) is 51.6 Å². The highest BCUT2D eigenvalue weighted by Crippen LogP contribution is 2.32. The Hall–Kier alpha value is -6.04. The second-order valence-corrected chi connectivity index (χ2v) is 12.6. The summed E-state index contributed by atoms with van der Waals surface area (Å²) in [6.45, 7) is 0. The van der Waals surface area contributed by atoms with Gasteiger partial charge in [-0.2, -0.15) is 0 Å². The van der Waals surface area contributed by atoms with Crippen molar-refractivity contribution in [2.24, 2.45) is 0 Å². The molecule has 0 aliphatic heterocycles. The Balaban J connectivity index is 0.000000145. The van der Waals surface area contributed by atoms with Crippen molar-refractivity contribution in [3.05, 3.63) is 239 Å². The third kappa shape index (κ3) is 10.5. The van der Waals surface area contributed by atoms with Crippen molar-refractivity contribution >= 4 is 15.9 Å². The minimum atomic E-state index is 0.103. The fourth-order valence-corrected chi connectivity index (χ4v) is 6.03. The molecule has 51 heavy (non-hydrogen) atoms. The summed E-state index contributed by atoms with van der Waals surface area (Å²) in [7, 11) is 0. The van der Waals surface area contributed by atoms with Gasteiger partial charge in [0.2, 0.25) is 0 Å². The van der Waals surface area contributed by atoms with Crippen molar-refractivity contribution in [1.29, 1.82) is 0 Å². The highest BCUT2D eigenvalue weighted by molar-refractivity contribution is 9.10. The van der Waals surface area contributed by atoms with Gasteiger partial charge in [0.05, 0.1) is 23.0 Å². The monoisotopic (exact) mass is 724 g/mol. The van der Waals surface area contributed by atoms with Crippen LogP contribution in [0.4, 0.5) is 0 Å². The van der Waals surface area contributed by atoms with Gasteiger partial charge in [-0.05, 0) is 83.4 Å². The molecule has 5 heteroatoms. The third-order valence-electron chi connectivity index (χ3n) is 8.04. The number of halogens is 1. The zero-order valence-electron chi connectivity index (χ0n) is 28.1. The van der Waals surface area contributed by atoms with Crippen molar-refractivity contribution in [2.75, 3.05) is 0 Å². The molecule has 1 atom stereocenters. The van der Waals surface area contributed by atoms with Crippen LogP contribution < -0.4 is 0 Å². The maximum atomic E-state index is 4.62. The molecule has 0 aliphatic rings. The zero-order valence-corrected chi connectivity index (χ0v) is 29.7. The van der Waals surface area contributed by atoms with E-state index in [1.165, 1.54) is 16.7 Å². The van der Waals surface area contributed by atoms with Crippen molar-refractivity contribution in [1.82, 2.24) is 19.9 Å². The normalized spacial score (nSPS) is 10.8. The molecule has 0 saturated carbocycles. The van der Waals surface area contributed by atoms with Crippen LogP contribution in [0.15, 0.2) is 211 Å². The number of benzene rings is 4. The molecule has 0 bridgehead atoms. The van der Waals surface area contributed by atoms with E-state index in [1.54, 1.807) is 6.20 Å². The lowest BCUT2D eigenvalue weighted by Gasteiger charge is -2.18. The standard InChI is InChI=1S/C23H18N2.C12H11N.C11H8BrN/c1-2-9-18(10-3-1)23(22-14-5-7-16-25-22)20-12-8-11-19(17-20)21-13-4-6-15-24-21;1-2-6-11(7-3-1)10-12-8-4-5-9-13-12;12-10-5-3-4-9(8-10)11-6-1-2-7-13-11/h1-17,23H;1-9H,10H2;1-8H. The van der Waals surface area contributed by atoms with Crippen LogP contribution >= 0.6 is 15.9 Å². The zero-order chi connectivity index (χ0) is 34.9. The summed E-state index contributed by atoms with van der Waals surface area (Å²) < 4.78 is 1.08. The van der Waals surface area contributed by atoms with E-state index < -0.39 is 0 Å². The minimum absolute atomic E-state index is 0.103. The van der Waals surface area contributed by atoms with Gasteiger partial charge in [0, 0.05) is 52.5 Å². The second kappa shape index (κ2) is 18.6. The number of pyridine rings is 4. The summed E-state index contributed by atoms with van der Waals surface area (Å²) in [4.78, 5) is 17.6. The summed E-state index contributed by atoms with van der Waals surface area (Å²) in [5.74, 6) is 0.103. The van der Waals surface area contributed by atoms with Crippen molar-refractivity contribution in [3.63, 3.8) is 0 Å². The average Bonchev–Trinajstić information content (AvgIpc) is 3.21. The van der Waals surface area contributed by atoms with Crippen molar-refractivity contribution < 1.29 is 0 Å². The van der Waals surface area contributed by atoms with Crippen LogP contribution in [0.5, 0.6) is 0 Å². The Morgan fingerprint density at radius 1 is 0.412 bits per heavy atom. The molecule has 0 saturated heterocycles. The van der Waals surface area contributed by atoms with Gasteiger partial charge >= 0.3 is 0 Å². The van der Waals surface area contributed by atoms with Crippen LogP contribution in [0.2, 0.25) is 0 Å². The van der Waals surface area contributed by atoms with Crippen LogP contribution in [-0.2, 0) is 6.42 Å². The van der Waals surface area contributed by atoms with Gasteiger partial charge in [-0.15, -0.1) is 0 Å². The molecule has 1 unspecified atom stereocenters. The van der Waals surface area contributed by atoms with Gasteiger partial charge in [0.25, 0.3) is 0 Å². The van der Waals surface area contributed by atoms with Gasteiger partial charge in [-0.3, -0.25) is 19.9 Å². The lowest BCUT2D eigenvalue weighted by molar-refractivity contribution is 0.919. The highest BCUT2D eigenvalue weighted by atomic mass is 79.9. The van der Waals surface area contributed by atoms with E-state index in [0.717, 1.165) is 44.8 Å². The first-order chi connectivity index (χ1) is 25.2. The predicted molar refractivity (Wildman–Crippen MR) is 212 cm³/mol. The number of hydrogen-bond acceptors (Lipinski definition) is 4. The molecule has 4 nitrogen and oxygen atoms in total. The third-order valence-corrected chi connectivity index (χ3v) is 8.53. The lowest BCUT2D eigenvalue weighted by Crippen LogP contribution is -2.05. The van der Waals surface area contributed by atoms with Crippen LogP contribution in [0.1, 0.15) is 34.0 Å². The molecule has 0 aliphatic carbocycles. The van der Waals surface area contributed by atoms with Crippen molar-refractivity contribution in [2.45, 2.75) is 12.3 Å². The number of aromatic nitrogens is 4. The van der Waals surface area contributed by atoms with E-state index in [2.05, 4.69) is 121 Å². The summed E-state index contributed by atoms with van der Waals surface area (Å²) >= 11 is 3.43. The van der Waals surface area contributed by atoms with Gasteiger partial charge in [-0.1, -0.05) is 131 Å². The minimum Gasteiger partial charge on any atom is -0.261 e. The lowest BCUT2D eigenvalue weighted by atomic mass is 9.87. The molecular formula is C46H37BrN4. The first-order valence-electron chi connectivity index (χ1n) is 16.8. The summed E-state index contributed by atoms with van der Waals surface area (Å²) in [5.41, 5.74) is 10.2. The molecule has 8 rings (SSSR count). The Labute approximate surface area is 308 Å². The first-order valence-corrected chi connectivity index (χ1v) is 17.6. The Morgan fingerprint density at radius 3 is 1.51 bits per heavy atom. The molecule has 248 valence electrons. The summed E-state index contributed by atoms with van der Waals surface area (Å²) in [6.07, 6.45) is 8.24. The summed E-state index contributed by atoms with van der Waals surface area (Å²) in [5, 5.41) is 0. The van der Waals surface area contributed by atoms with E-state index in [1.807, 2.05) is 116 Å². The number of nitrogens with zero attached hydrogens (tertiary/aromatic N) is 4. The average molecular weight is 726 g/mol. The molecule has 4 aromatic carbocycles. The van der Waals surface area contributed by atoms with Crippen LogP contribution in [0.25, 0.3) is 22.5 Å². The molecule has 8 aromatic rings. The number of rotatable bonds is 7. The van der Waals surface area contributed by atoms with E-state index in [-0.39, 0.29) is 5.92 Å². The quantitative estimate of drug-likeness (QED) is 0.164. The molecule has 0 spiro atoms. The van der Waals surface area contributed by atoms with Crippen molar-refractivity contribution in [3.8, 4) is 22.5 Å². The fourth-order valence-electron chi connectivity index (χ4n) is 5.63. The largest absolute Gasteiger partial charge is 0.261 e. The Morgan fingerprint density at radius 2 is 0.941 bits per heavy atom. The molecule has 0 fully saturated rings. The fraction of sp³-hybridized carbons (Fsp3) is 0.0435. The molecule has 0 N–H and O–H groups in total. The molecule has 4 heterocycles. The molecule has 0 radical (unpaired) electrons. The van der Waals surface area contributed by atoms with Crippen LogP contribution in [0.3, 0.4) is 0 Å². The van der Waals surface area contributed by atoms with Crippen LogP contribution in [0, 0.1) is 0 Å². The van der Waals surface area contributed by atoms with Gasteiger partial charge < -0.3 is 0 Å². The van der Waals surface area contributed by atoms with E-state index in [0.29, 0.717) is 0 Å². The molecule has 0 amide bonds. The number of hydrogen-bond donors (Lipinski definition) is 0. The Bertz CT molecular complexity index is 2090. The molecule has 4 aromatic heterocycles. The van der Waals surface area contributed by atoms with E-state index in [9.17, 15) is 0 Å². The van der Waals surface area contributed by atoms with Gasteiger partial charge in [0.15, 0.2) is 0 Å². The second-order valence-electron chi connectivity index (χ2n) is 11.6. The Kier molecular flexibility index (Phi) is 12.7. The van der Waals surface area contributed by atoms with E-state index >= 15 is 0 Å². The SMILES string of the molecule is Brc1cccc(-c2ccccn2)c1.c1ccc(C(c2cccc(-c3ccccn3)c2)c2ccccn2)cc1.c1ccc(Cc2ccccn2)cc1. The first kappa shape index (κ1) is 34.8. The van der Waals surface area contributed by atoms with Crippen LogP contribution in [-0.4, -0.2) is 19.9 Å². The molecular weight excluding hydrogens is 688 g/mol. The summed E-state index contributed by atoms with van der Waals surface area (Å²) in [6, 6.07) is 61.6. The van der Waals surface area contributed by atoms with Gasteiger partial charge in [0.1, 0.15) is 0 Å². The smallest absolute Gasteiger partial charge is 0.0702 e. The maximum Gasteiger partial charge on any atom is 0.0702 e. The highest BCUT2D eigenvalue weighted by Gasteiger charge is 2.18. The predicted octanol–water partition coefficient (Wildman–Crippen LogP) is 11.5. The van der Waals surface area contributed by atoms with Gasteiger partial charge in [-0.25, -0.2) is 0 Å².